The highest BCUT2D eigenvalue weighted by molar-refractivity contribution is 5.92. The molecule has 8 heteroatoms. The second-order valence-corrected chi connectivity index (χ2v) is 4.17. The lowest BCUT2D eigenvalue weighted by atomic mass is 10.2. The van der Waals surface area contributed by atoms with E-state index >= 15 is 0 Å². The Bertz CT molecular complexity index is 469. The van der Waals surface area contributed by atoms with Gasteiger partial charge in [-0.3, -0.25) is 0 Å². The summed E-state index contributed by atoms with van der Waals surface area (Å²) in [6, 6.07) is -0.715. The molecule has 0 aromatic carbocycles. The van der Waals surface area contributed by atoms with Crippen LogP contribution in [0.4, 0.5) is 5.82 Å². The summed E-state index contributed by atoms with van der Waals surface area (Å²) < 4.78 is 10.8. The zero-order valence-corrected chi connectivity index (χ0v) is 11.4. The Hall–Kier alpha value is -2.12. The average Bonchev–Trinajstić information content (AvgIpc) is 2.71. The van der Waals surface area contributed by atoms with Gasteiger partial charge in [-0.1, -0.05) is 12.1 Å². The van der Waals surface area contributed by atoms with Crippen molar-refractivity contribution >= 4 is 17.8 Å². The topological polar surface area (TPSA) is 109 Å². The van der Waals surface area contributed by atoms with Crippen molar-refractivity contribution in [2.45, 2.75) is 39.3 Å². The van der Waals surface area contributed by atoms with E-state index < -0.39 is 18.0 Å². The third-order valence-electron chi connectivity index (χ3n) is 2.42. The van der Waals surface area contributed by atoms with E-state index in [4.69, 9.17) is 10.5 Å². The highest BCUT2D eigenvalue weighted by Gasteiger charge is 2.28. The Morgan fingerprint density at radius 1 is 1.42 bits per heavy atom. The summed E-state index contributed by atoms with van der Waals surface area (Å²) in [5.41, 5.74) is 5.64. The van der Waals surface area contributed by atoms with E-state index in [0.717, 1.165) is 0 Å². The van der Waals surface area contributed by atoms with E-state index in [1.165, 1.54) is 11.8 Å². The molecule has 0 aliphatic rings. The fourth-order valence-corrected chi connectivity index (χ4v) is 1.52. The molecule has 0 aliphatic carbocycles. The van der Waals surface area contributed by atoms with E-state index in [0.29, 0.717) is 6.42 Å². The molecule has 1 aromatic heterocycles. The standard InChI is InChI=1S/C11H18N4O4/c1-5-7(10(16)19-6(2)3)15-9(12)8(13-14-15)11(17)18-4/h6-7H,5,12H2,1-4H3. The van der Waals surface area contributed by atoms with Crippen LogP contribution in [-0.2, 0) is 14.3 Å². The Balaban J connectivity index is 3.03. The van der Waals surface area contributed by atoms with Crippen LogP contribution in [0.5, 0.6) is 0 Å². The molecule has 0 amide bonds. The van der Waals surface area contributed by atoms with Gasteiger partial charge in [0.25, 0.3) is 0 Å². The lowest BCUT2D eigenvalue weighted by Crippen LogP contribution is -2.26. The van der Waals surface area contributed by atoms with Crippen LogP contribution in [0.2, 0.25) is 0 Å². The number of esters is 2. The predicted octanol–water partition coefficient (Wildman–Crippen LogP) is 0.550. The first kappa shape index (κ1) is 14.9. The van der Waals surface area contributed by atoms with Gasteiger partial charge in [-0.25, -0.2) is 14.3 Å². The first-order valence-corrected chi connectivity index (χ1v) is 5.91. The van der Waals surface area contributed by atoms with Crippen molar-refractivity contribution in [3.8, 4) is 0 Å². The van der Waals surface area contributed by atoms with Crippen molar-refractivity contribution in [3.05, 3.63) is 5.69 Å². The smallest absolute Gasteiger partial charge is 0.362 e. The molecule has 106 valence electrons. The van der Waals surface area contributed by atoms with Crippen molar-refractivity contribution in [2.24, 2.45) is 0 Å². The molecule has 1 atom stereocenters. The van der Waals surface area contributed by atoms with Crippen molar-refractivity contribution in [3.63, 3.8) is 0 Å². The van der Waals surface area contributed by atoms with Gasteiger partial charge in [0.05, 0.1) is 13.2 Å². The summed E-state index contributed by atoms with van der Waals surface area (Å²) in [5, 5.41) is 7.35. The molecule has 1 unspecified atom stereocenters. The number of hydrogen-bond donors (Lipinski definition) is 1. The molecule has 0 saturated carbocycles. The number of hydrogen-bond acceptors (Lipinski definition) is 7. The Morgan fingerprint density at radius 2 is 2.05 bits per heavy atom. The van der Waals surface area contributed by atoms with Crippen LogP contribution < -0.4 is 5.73 Å². The van der Waals surface area contributed by atoms with Crippen LogP contribution in [0.25, 0.3) is 0 Å². The largest absolute Gasteiger partial charge is 0.464 e. The summed E-state index contributed by atoms with van der Waals surface area (Å²) in [6.07, 6.45) is 0.172. The van der Waals surface area contributed by atoms with E-state index in [2.05, 4.69) is 15.0 Å². The number of rotatable bonds is 5. The number of nitrogen functional groups attached to an aromatic ring is 1. The summed E-state index contributed by atoms with van der Waals surface area (Å²) in [5.74, 6) is -1.18. The van der Waals surface area contributed by atoms with Gasteiger partial charge in [0.1, 0.15) is 0 Å². The lowest BCUT2D eigenvalue weighted by molar-refractivity contribution is -0.151. The van der Waals surface area contributed by atoms with Crippen LogP contribution >= 0.6 is 0 Å². The van der Waals surface area contributed by atoms with Gasteiger partial charge in [-0.15, -0.1) is 5.10 Å². The van der Waals surface area contributed by atoms with Crippen LogP contribution in [0.1, 0.15) is 43.7 Å². The molecular formula is C11H18N4O4. The quantitative estimate of drug-likeness (QED) is 0.778. The Kier molecular flexibility index (Phi) is 4.85. The second-order valence-electron chi connectivity index (χ2n) is 4.17. The van der Waals surface area contributed by atoms with E-state index in [9.17, 15) is 9.59 Å². The first-order chi connectivity index (χ1) is 8.92. The maximum atomic E-state index is 11.9. The van der Waals surface area contributed by atoms with Gasteiger partial charge in [-0.05, 0) is 20.3 Å². The van der Waals surface area contributed by atoms with Gasteiger partial charge < -0.3 is 15.2 Å². The summed E-state index contributed by atoms with van der Waals surface area (Å²) in [7, 11) is 1.21. The second kappa shape index (κ2) is 6.17. The molecule has 0 saturated heterocycles. The number of methoxy groups -OCH3 is 1. The molecule has 1 rings (SSSR count). The van der Waals surface area contributed by atoms with Crippen molar-refractivity contribution in [1.82, 2.24) is 15.0 Å². The van der Waals surface area contributed by atoms with Crippen molar-refractivity contribution in [1.29, 1.82) is 0 Å². The van der Waals surface area contributed by atoms with E-state index in [1.807, 2.05) is 0 Å². The van der Waals surface area contributed by atoms with Crippen molar-refractivity contribution in [2.75, 3.05) is 12.8 Å². The van der Waals surface area contributed by atoms with Gasteiger partial charge in [0, 0.05) is 0 Å². The number of nitrogens with two attached hydrogens (primary N) is 1. The van der Waals surface area contributed by atoms with E-state index in [-0.39, 0.29) is 17.6 Å². The van der Waals surface area contributed by atoms with Crippen LogP contribution in [0, 0.1) is 0 Å². The van der Waals surface area contributed by atoms with Crippen LogP contribution in [0.15, 0.2) is 0 Å². The van der Waals surface area contributed by atoms with Gasteiger partial charge in [0.15, 0.2) is 11.9 Å². The third kappa shape index (κ3) is 3.21. The number of anilines is 1. The SMILES string of the molecule is CCC(C(=O)OC(C)C)n1nnc(C(=O)OC)c1N. The predicted molar refractivity (Wildman–Crippen MR) is 66.3 cm³/mol. The van der Waals surface area contributed by atoms with E-state index in [1.54, 1.807) is 20.8 Å². The number of nitrogens with zero attached hydrogens (tertiary/aromatic N) is 3. The number of aromatic nitrogens is 3. The first-order valence-electron chi connectivity index (χ1n) is 5.91. The highest BCUT2D eigenvalue weighted by Crippen LogP contribution is 2.19. The maximum absolute atomic E-state index is 11.9. The molecule has 1 aromatic rings. The summed E-state index contributed by atoms with van der Waals surface area (Å²) in [6.45, 7) is 5.27. The molecule has 0 spiro atoms. The zero-order valence-electron chi connectivity index (χ0n) is 11.4. The summed E-state index contributed by atoms with van der Waals surface area (Å²) in [4.78, 5) is 23.3. The normalized spacial score (nSPS) is 12.3. The minimum atomic E-state index is -0.715. The fraction of sp³-hybridized carbons (Fsp3) is 0.636. The van der Waals surface area contributed by atoms with Gasteiger partial charge in [-0.2, -0.15) is 0 Å². The summed E-state index contributed by atoms with van der Waals surface area (Å²) >= 11 is 0. The molecular weight excluding hydrogens is 252 g/mol. The molecule has 2 N–H and O–H groups in total. The highest BCUT2D eigenvalue weighted by atomic mass is 16.5. The van der Waals surface area contributed by atoms with Gasteiger partial charge in [0.2, 0.25) is 5.69 Å². The molecule has 0 bridgehead atoms. The Labute approximate surface area is 110 Å². The number of ether oxygens (including phenoxy) is 2. The molecule has 0 aliphatic heterocycles. The molecule has 1 heterocycles. The zero-order chi connectivity index (χ0) is 14.6. The van der Waals surface area contributed by atoms with Crippen LogP contribution in [0.3, 0.4) is 0 Å². The number of carbonyl (C=O) groups excluding carboxylic acids is 2. The number of carbonyl (C=O) groups is 2. The van der Waals surface area contributed by atoms with Crippen LogP contribution in [-0.4, -0.2) is 40.1 Å². The molecule has 0 fully saturated rings. The molecule has 8 nitrogen and oxygen atoms in total. The van der Waals surface area contributed by atoms with Gasteiger partial charge >= 0.3 is 11.9 Å². The lowest BCUT2D eigenvalue weighted by Gasteiger charge is -2.16. The third-order valence-corrected chi connectivity index (χ3v) is 2.42. The fourth-order valence-electron chi connectivity index (χ4n) is 1.52. The molecule has 0 radical (unpaired) electrons. The molecule has 19 heavy (non-hydrogen) atoms. The minimum Gasteiger partial charge on any atom is -0.464 e. The Morgan fingerprint density at radius 3 is 2.53 bits per heavy atom. The minimum absolute atomic E-state index is 0.0144. The van der Waals surface area contributed by atoms with Crippen molar-refractivity contribution < 1.29 is 19.1 Å². The maximum Gasteiger partial charge on any atom is 0.362 e. The monoisotopic (exact) mass is 270 g/mol. The average molecular weight is 270 g/mol.